The third-order valence-corrected chi connectivity index (χ3v) is 5.77. The van der Waals surface area contributed by atoms with Gasteiger partial charge in [0.05, 0.1) is 6.54 Å². The number of benzene rings is 1. The van der Waals surface area contributed by atoms with E-state index in [0.717, 1.165) is 18.4 Å². The Hall–Kier alpha value is -2.66. The lowest BCUT2D eigenvalue weighted by Crippen LogP contribution is -2.24. The molecule has 30 heavy (non-hydrogen) atoms. The van der Waals surface area contributed by atoms with Crippen molar-refractivity contribution in [2.75, 3.05) is 6.26 Å². The molecule has 0 amide bonds. The van der Waals surface area contributed by atoms with Gasteiger partial charge in [-0.25, -0.2) is 27.2 Å². The maximum Gasteiger partial charge on any atom is 0.269 e. The van der Waals surface area contributed by atoms with Gasteiger partial charge >= 0.3 is 0 Å². The molecule has 1 aromatic carbocycles. The minimum Gasteiger partial charge on any atom is -0.487 e. The summed E-state index contributed by atoms with van der Waals surface area (Å²) in [6.07, 6.45) is 3.68. The second kappa shape index (κ2) is 8.60. The van der Waals surface area contributed by atoms with Crippen molar-refractivity contribution in [3.63, 3.8) is 0 Å². The molecule has 0 saturated carbocycles. The van der Waals surface area contributed by atoms with Crippen molar-refractivity contribution in [2.45, 2.75) is 25.2 Å². The van der Waals surface area contributed by atoms with Crippen molar-refractivity contribution < 1.29 is 21.9 Å². The van der Waals surface area contributed by atoms with Crippen molar-refractivity contribution in [1.82, 2.24) is 14.5 Å². The first kappa shape index (κ1) is 22.0. The van der Waals surface area contributed by atoms with Gasteiger partial charge < -0.3 is 9.30 Å². The van der Waals surface area contributed by atoms with Gasteiger partial charge in [0, 0.05) is 47.6 Å². The molecule has 0 N–H and O–H groups in total. The van der Waals surface area contributed by atoms with E-state index in [0.29, 0.717) is 11.3 Å². The van der Waals surface area contributed by atoms with Gasteiger partial charge in [-0.2, -0.15) is 0 Å². The average molecular weight is 500 g/mol. The number of nitrogens with zero attached hydrogens (tertiary/aromatic N) is 3. The molecular weight excluding hydrogens is 484 g/mol. The number of ether oxygens (including phenoxy) is 1. The largest absolute Gasteiger partial charge is 0.487 e. The molecule has 0 atom stereocenters. The Bertz CT molecular complexity index is 1260. The van der Waals surface area contributed by atoms with Crippen LogP contribution in [0.5, 0.6) is 5.75 Å². The summed E-state index contributed by atoms with van der Waals surface area (Å²) in [6, 6.07) is 4.75. The highest BCUT2D eigenvalue weighted by atomic mass is 79.9. The Morgan fingerprint density at radius 1 is 1.17 bits per heavy atom. The zero-order valence-electron chi connectivity index (χ0n) is 15.9. The number of pyridine rings is 1. The van der Waals surface area contributed by atoms with Crippen molar-refractivity contribution in [1.29, 1.82) is 0 Å². The van der Waals surface area contributed by atoms with Crippen LogP contribution in [-0.4, -0.2) is 29.2 Å². The highest BCUT2D eigenvalue weighted by molar-refractivity contribution is 9.10. The van der Waals surface area contributed by atoms with Crippen molar-refractivity contribution in [3.05, 3.63) is 79.9 Å². The van der Waals surface area contributed by atoms with Gasteiger partial charge in [-0.3, -0.25) is 4.79 Å². The summed E-state index contributed by atoms with van der Waals surface area (Å²) in [5.41, 5.74) is 0.816. The van der Waals surface area contributed by atoms with Crippen molar-refractivity contribution in [3.8, 4) is 5.75 Å². The molecule has 158 valence electrons. The second-order valence-corrected chi connectivity index (χ2v) is 9.23. The normalized spacial score (nSPS) is 11.5. The number of sulfone groups is 1. The Morgan fingerprint density at radius 3 is 2.43 bits per heavy atom. The maximum atomic E-state index is 13.8. The lowest BCUT2D eigenvalue weighted by atomic mass is 10.2. The van der Waals surface area contributed by atoms with Crippen molar-refractivity contribution in [2.24, 2.45) is 0 Å². The van der Waals surface area contributed by atoms with Crippen LogP contribution >= 0.6 is 15.9 Å². The van der Waals surface area contributed by atoms with Crippen LogP contribution in [0.1, 0.15) is 16.8 Å². The molecule has 0 unspecified atom stereocenters. The third-order valence-electron chi connectivity index (χ3n) is 4.17. The number of rotatable bonds is 6. The topological polar surface area (TPSA) is 91.2 Å². The van der Waals surface area contributed by atoms with Crippen LogP contribution in [0.2, 0.25) is 0 Å². The highest BCUT2D eigenvalue weighted by Crippen LogP contribution is 2.24. The van der Waals surface area contributed by atoms with Crippen LogP contribution in [0.3, 0.4) is 0 Å². The smallest absolute Gasteiger partial charge is 0.269 e. The number of aromatic nitrogens is 3. The molecule has 2 heterocycles. The zero-order valence-corrected chi connectivity index (χ0v) is 18.3. The fourth-order valence-electron chi connectivity index (χ4n) is 2.61. The minimum atomic E-state index is -3.52. The Labute approximate surface area is 179 Å². The number of halogens is 3. The molecule has 7 nitrogen and oxygen atoms in total. The van der Waals surface area contributed by atoms with Crippen LogP contribution < -0.4 is 10.3 Å². The lowest BCUT2D eigenvalue weighted by Gasteiger charge is -2.15. The van der Waals surface area contributed by atoms with E-state index in [-0.39, 0.29) is 34.1 Å². The van der Waals surface area contributed by atoms with E-state index in [4.69, 9.17) is 4.74 Å². The highest BCUT2D eigenvalue weighted by Gasteiger charge is 2.15. The van der Waals surface area contributed by atoms with Gasteiger partial charge in [0.25, 0.3) is 5.56 Å². The molecule has 3 aromatic rings. The molecule has 0 saturated heterocycles. The van der Waals surface area contributed by atoms with Crippen LogP contribution in [-0.2, 0) is 23.0 Å². The van der Waals surface area contributed by atoms with Crippen molar-refractivity contribution >= 4 is 25.8 Å². The molecule has 0 aliphatic carbocycles. The van der Waals surface area contributed by atoms with E-state index in [1.54, 1.807) is 13.0 Å². The van der Waals surface area contributed by atoms with Gasteiger partial charge in [-0.15, -0.1) is 0 Å². The molecule has 0 fully saturated rings. The Morgan fingerprint density at radius 2 is 1.83 bits per heavy atom. The molecule has 0 aliphatic heterocycles. The maximum absolute atomic E-state index is 13.8. The van der Waals surface area contributed by atoms with Gasteiger partial charge in [0.2, 0.25) is 15.0 Å². The summed E-state index contributed by atoms with van der Waals surface area (Å²) < 4.78 is 56.8. The van der Waals surface area contributed by atoms with E-state index in [1.807, 2.05) is 0 Å². The zero-order chi connectivity index (χ0) is 22.1. The predicted octanol–water partition coefficient (Wildman–Crippen LogP) is 3.02. The minimum absolute atomic E-state index is 0.111. The molecule has 0 radical (unpaired) electrons. The summed E-state index contributed by atoms with van der Waals surface area (Å²) in [5.74, 6) is -1.22. The average Bonchev–Trinajstić information content (AvgIpc) is 2.68. The number of aryl methyl sites for hydroxylation is 1. The monoisotopic (exact) mass is 499 g/mol. The quantitative estimate of drug-likeness (QED) is 0.484. The van der Waals surface area contributed by atoms with Crippen LogP contribution in [0.4, 0.5) is 8.78 Å². The number of hydrogen-bond acceptors (Lipinski definition) is 6. The summed E-state index contributed by atoms with van der Waals surface area (Å²) in [5, 5.41) is -0.298. The summed E-state index contributed by atoms with van der Waals surface area (Å²) in [4.78, 5) is 20.4. The van der Waals surface area contributed by atoms with Gasteiger partial charge in [-0.05, 0) is 35.0 Å². The molecule has 0 spiro atoms. The fraction of sp³-hybridized carbons (Fsp3) is 0.211. The molecule has 0 bridgehead atoms. The first-order chi connectivity index (χ1) is 14.1. The summed E-state index contributed by atoms with van der Waals surface area (Å²) >= 11 is 3.20. The molecule has 3 rings (SSSR count). The lowest BCUT2D eigenvalue weighted by molar-refractivity contribution is 0.295. The van der Waals surface area contributed by atoms with Crippen LogP contribution in [0.15, 0.2) is 51.1 Å². The number of hydrogen-bond donors (Lipinski definition) is 0. The van der Waals surface area contributed by atoms with Crippen LogP contribution in [0.25, 0.3) is 0 Å². The van der Waals surface area contributed by atoms with E-state index in [2.05, 4.69) is 25.9 Å². The van der Waals surface area contributed by atoms with Gasteiger partial charge in [0.1, 0.15) is 28.5 Å². The molecule has 0 aliphatic rings. The summed E-state index contributed by atoms with van der Waals surface area (Å²) in [7, 11) is -3.52. The fourth-order valence-corrected chi connectivity index (χ4v) is 3.54. The van der Waals surface area contributed by atoms with Crippen LogP contribution in [0, 0.1) is 18.6 Å². The molecule has 2 aromatic heterocycles. The standard InChI is InChI=1S/C19H16BrF2N3O4S/c1-11-5-16(29-10-13-3-4-14(21)6-15(13)22)17(20)18(26)25(11)9-12-7-23-19(24-8-12)30(2,27)28/h3-8H,9-10H2,1-2H3. The van der Waals surface area contributed by atoms with E-state index < -0.39 is 27.0 Å². The van der Waals surface area contributed by atoms with Gasteiger partial charge in [0.15, 0.2) is 0 Å². The van der Waals surface area contributed by atoms with Gasteiger partial charge in [-0.1, -0.05) is 0 Å². The Balaban J connectivity index is 1.83. The molecule has 11 heteroatoms. The van der Waals surface area contributed by atoms with E-state index >= 15 is 0 Å². The second-order valence-electron chi connectivity index (χ2n) is 6.53. The predicted molar refractivity (Wildman–Crippen MR) is 108 cm³/mol. The van der Waals surface area contributed by atoms with E-state index in [9.17, 15) is 22.0 Å². The summed E-state index contributed by atoms with van der Waals surface area (Å²) in [6.45, 7) is 1.61. The Kier molecular flexibility index (Phi) is 6.32. The van der Waals surface area contributed by atoms with E-state index in [1.165, 1.54) is 23.0 Å². The third kappa shape index (κ3) is 4.90. The first-order valence-electron chi connectivity index (χ1n) is 8.54. The molecular formula is C19H16BrF2N3O4S. The SMILES string of the molecule is Cc1cc(OCc2ccc(F)cc2F)c(Br)c(=O)n1Cc1cnc(S(C)(=O)=O)nc1. The first-order valence-corrected chi connectivity index (χ1v) is 11.2.